The van der Waals surface area contributed by atoms with Crippen molar-refractivity contribution in [2.24, 2.45) is 5.92 Å². The molecule has 1 heterocycles. The molecule has 6 nitrogen and oxygen atoms in total. The van der Waals surface area contributed by atoms with E-state index < -0.39 is 10.1 Å². The number of aryl methyl sites for hydroxylation is 1. The van der Waals surface area contributed by atoms with Crippen molar-refractivity contribution in [2.75, 3.05) is 11.9 Å². The molecule has 4 rings (SSSR count). The van der Waals surface area contributed by atoms with Crippen LogP contribution in [0.3, 0.4) is 0 Å². The molecule has 3 aromatic rings. The highest BCUT2D eigenvalue weighted by molar-refractivity contribution is 7.86. The molecule has 1 aromatic heterocycles. The Hall–Kier alpha value is -2.38. The van der Waals surface area contributed by atoms with E-state index in [-0.39, 0.29) is 23.5 Å². The third-order valence-electron chi connectivity index (χ3n) is 5.21. The summed E-state index contributed by atoms with van der Waals surface area (Å²) in [4.78, 5) is 4.69. The van der Waals surface area contributed by atoms with Gasteiger partial charge in [0.15, 0.2) is 5.58 Å². The van der Waals surface area contributed by atoms with Gasteiger partial charge >= 0.3 is 0 Å². The summed E-state index contributed by atoms with van der Waals surface area (Å²) < 4.78 is 35.5. The van der Waals surface area contributed by atoms with E-state index in [9.17, 15) is 8.42 Å². The predicted molar refractivity (Wildman–Crippen MR) is 108 cm³/mol. The molecule has 1 fully saturated rings. The molecule has 148 valence electrons. The second kappa shape index (κ2) is 7.93. The Morgan fingerprint density at radius 3 is 2.61 bits per heavy atom. The van der Waals surface area contributed by atoms with Gasteiger partial charge in [-0.2, -0.15) is 13.4 Å². The molecule has 2 aromatic carbocycles. The molecular formula is C21H24N2O4S. The second-order valence-corrected chi connectivity index (χ2v) is 9.02. The van der Waals surface area contributed by atoms with Crippen molar-refractivity contribution in [3.8, 4) is 0 Å². The molecule has 0 bridgehead atoms. The van der Waals surface area contributed by atoms with Crippen molar-refractivity contribution < 1.29 is 17.0 Å². The Morgan fingerprint density at radius 2 is 1.86 bits per heavy atom. The van der Waals surface area contributed by atoms with Crippen LogP contribution in [0.2, 0.25) is 0 Å². The van der Waals surface area contributed by atoms with E-state index in [1.807, 2.05) is 25.1 Å². The summed E-state index contributed by atoms with van der Waals surface area (Å²) in [6.45, 7) is 2.25. The Bertz CT molecular complexity index is 1040. The zero-order valence-corrected chi connectivity index (χ0v) is 16.6. The van der Waals surface area contributed by atoms with Crippen molar-refractivity contribution in [2.45, 2.75) is 43.5 Å². The Balaban J connectivity index is 1.28. The largest absolute Gasteiger partial charge is 0.424 e. The number of fused-ring (bicyclic) bond motifs is 1. The van der Waals surface area contributed by atoms with Crippen LogP contribution in [0.4, 0.5) is 6.01 Å². The Morgan fingerprint density at radius 1 is 1.11 bits per heavy atom. The first-order chi connectivity index (χ1) is 13.5. The lowest BCUT2D eigenvalue weighted by Gasteiger charge is -2.28. The molecule has 0 amide bonds. The van der Waals surface area contributed by atoms with Crippen LogP contribution in [-0.4, -0.2) is 26.1 Å². The molecule has 1 aliphatic carbocycles. The minimum absolute atomic E-state index is 0.205. The number of benzene rings is 2. The fourth-order valence-corrected chi connectivity index (χ4v) is 4.58. The number of aromatic nitrogens is 1. The maximum atomic E-state index is 12.2. The molecule has 0 atom stereocenters. The van der Waals surface area contributed by atoms with Gasteiger partial charge in [0.25, 0.3) is 16.1 Å². The van der Waals surface area contributed by atoms with Crippen LogP contribution in [0.1, 0.15) is 31.2 Å². The van der Waals surface area contributed by atoms with E-state index in [1.165, 1.54) is 0 Å². The fraction of sp³-hybridized carbons (Fsp3) is 0.381. The number of hydrogen-bond donors (Lipinski definition) is 1. The quantitative estimate of drug-likeness (QED) is 0.613. The van der Waals surface area contributed by atoms with Gasteiger partial charge in [-0.05, 0) is 68.4 Å². The maximum absolute atomic E-state index is 12.2. The van der Waals surface area contributed by atoms with Crippen LogP contribution in [0.25, 0.3) is 11.1 Å². The first-order valence-corrected chi connectivity index (χ1v) is 11.0. The lowest BCUT2D eigenvalue weighted by atomic mass is 9.87. The monoisotopic (exact) mass is 400 g/mol. The Kier molecular flexibility index (Phi) is 5.37. The van der Waals surface area contributed by atoms with Crippen LogP contribution in [0.5, 0.6) is 0 Å². The first-order valence-electron chi connectivity index (χ1n) is 9.58. The van der Waals surface area contributed by atoms with Crippen molar-refractivity contribution in [3.05, 3.63) is 54.1 Å². The highest BCUT2D eigenvalue weighted by atomic mass is 32.2. The summed E-state index contributed by atoms with van der Waals surface area (Å²) in [6, 6.07) is 15.1. The minimum atomic E-state index is -3.68. The SMILES string of the molecule is Cc1ccc2nc(NC3CCC(COS(=O)(=O)c4ccccc4)CC3)oc2c1. The van der Waals surface area contributed by atoms with Gasteiger partial charge < -0.3 is 9.73 Å². The van der Waals surface area contributed by atoms with Gasteiger partial charge in [0, 0.05) is 6.04 Å². The van der Waals surface area contributed by atoms with Gasteiger partial charge in [0.2, 0.25) is 0 Å². The second-order valence-electron chi connectivity index (χ2n) is 7.40. The highest BCUT2D eigenvalue weighted by Gasteiger charge is 2.25. The number of oxazole rings is 1. The molecule has 7 heteroatoms. The van der Waals surface area contributed by atoms with Gasteiger partial charge in [-0.1, -0.05) is 24.3 Å². The summed E-state index contributed by atoms with van der Waals surface area (Å²) in [5.74, 6) is 0.239. The van der Waals surface area contributed by atoms with Gasteiger partial charge in [-0.3, -0.25) is 4.18 Å². The zero-order valence-electron chi connectivity index (χ0n) is 15.8. The van der Waals surface area contributed by atoms with Gasteiger partial charge in [-0.15, -0.1) is 0 Å². The van der Waals surface area contributed by atoms with E-state index in [0.717, 1.165) is 42.3 Å². The fourth-order valence-electron chi connectivity index (χ4n) is 3.58. The van der Waals surface area contributed by atoms with Crippen molar-refractivity contribution in [1.82, 2.24) is 4.98 Å². The Labute approximate surface area is 165 Å². The molecule has 0 spiro atoms. The molecule has 28 heavy (non-hydrogen) atoms. The standard InChI is InChI=1S/C21H24N2O4S/c1-15-7-12-19-20(13-15)27-21(23-19)22-17-10-8-16(9-11-17)14-26-28(24,25)18-5-3-2-4-6-18/h2-7,12-13,16-17H,8-11,14H2,1H3,(H,22,23). The lowest BCUT2D eigenvalue weighted by Crippen LogP contribution is -2.28. The molecule has 0 saturated heterocycles. The average Bonchev–Trinajstić information content (AvgIpc) is 3.09. The van der Waals surface area contributed by atoms with Gasteiger partial charge in [0.1, 0.15) is 5.52 Å². The van der Waals surface area contributed by atoms with Crippen molar-refractivity contribution in [1.29, 1.82) is 0 Å². The molecule has 0 aliphatic heterocycles. The normalized spacial score (nSPS) is 20.3. The van der Waals surface area contributed by atoms with Crippen LogP contribution < -0.4 is 5.32 Å². The van der Waals surface area contributed by atoms with E-state index in [1.54, 1.807) is 30.3 Å². The highest BCUT2D eigenvalue weighted by Crippen LogP contribution is 2.29. The summed E-state index contributed by atoms with van der Waals surface area (Å²) in [5.41, 5.74) is 2.78. The summed E-state index contributed by atoms with van der Waals surface area (Å²) in [5, 5.41) is 3.37. The number of rotatable bonds is 6. The van der Waals surface area contributed by atoms with E-state index in [0.29, 0.717) is 6.01 Å². The third-order valence-corrected chi connectivity index (χ3v) is 6.50. The summed E-state index contributed by atoms with van der Waals surface area (Å²) >= 11 is 0. The number of nitrogens with zero attached hydrogens (tertiary/aromatic N) is 1. The topological polar surface area (TPSA) is 81.4 Å². The van der Waals surface area contributed by atoms with Crippen molar-refractivity contribution >= 4 is 27.2 Å². The van der Waals surface area contributed by atoms with Crippen LogP contribution in [-0.2, 0) is 14.3 Å². The van der Waals surface area contributed by atoms with Gasteiger partial charge in [0.05, 0.1) is 11.5 Å². The average molecular weight is 401 g/mol. The van der Waals surface area contributed by atoms with Crippen molar-refractivity contribution in [3.63, 3.8) is 0 Å². The molecule has 0 radical (unpaired) electrons. The molecule has 1 N–H and O–H groups in total. The number of anilines is 1. The van der Waals surface area contributed by atoms with Gasteiger partial charge in [-0.25, -0.2) is 0 Å². The third kappa shape index (κ3) is 4.36. The lowest BCUT2D eigenvalue weighted by molar-refractivity contribution is 0.208. The first kappa shape index (κ1) is 19.0. The van der Waals surface area contributed by atoms with Crippen LogP contribution in [0.15, 0.2) is 57.8 Å². The smallest absolute Gasteiger partial charge is 0.296 e. The molecular weight excluding hydrogens is 376 g/mol. The maximum Gasteiger partial charge on any atom is 0.296 e. The van der Waals surface area contributed by atoms with Crippen LogP contribution in [0, 0.1) is 12.8 Å². The zero-order chi connectivity index (χ0) is 19.6. The molecule has 1 aliphatic rings. The summed E-state index contributed by atoms with van der Waals surface area (Å²) in [7, 11) is -3.68. The summed E-state index contributed by atoms with van der Waals surface area (Å²) in [6.07, 6.45) is 3.66. The van der Waals surface area contributed by atoms with Crippen LogP contribution >= 0.6 is 0 Å². The molecule has 0 unspecified atom stereocenters. The predicted octanol–water partition coefficient (Wildman–Crippen LogP) is 4.51. The number of nitrogens with one attached hydrogen (secondary N) is 1. The van der Waals surface area contributed by atoms with E-state index in [4.69, 9.17) is 8.60 Å². The van der Waals surface area contributed by atoms with E-state index in [2.05, 4.69) is 10.3 Å². The minimum Gasteiger partial charge on any atom is -0.424 e. The number of hydrogen-bond acceptors (Lipinski definition) is 6. The molecule has 1 saturated carbocycles. The van der Waals surface area contributed by atoms with E-state index >= 15 is 0 Å².